The van der Waals surface area contributed by atoms with Crippen molar-refractivity contribution in [3.8, 4) is 0 Å². The van der Waals surface area contributed by atoms with E-state index in [0.29, 0.717) is 0 Å². The molecule has 0 aromatic rings. The minimum Gasteiger partial charge on any atom is -0.325 e. The summed E-state index contributed by atoms with van der Waals surface area (Å²) in [5.74, 6) is 0.927. The van der Waals surface area contributed by atoms with Crippen LogP contribution in [0.4, 0.5) is 0 Å². The Morgan fingerprint density at radius 3 is 2.45 bits per heavy atom. The first kappa shape index (κ1) is 7.35. The summed E-state index contributed by atoms with van der Waals surface area (Å²) < 4.78 is 0. The van der Waals surface area contributed by atoms with E-state index in [1.807, 2.05) is 0 Å². The second-order valence-corrected chi connectivity index (χ2v) is 4.21. The highest BCUT2D eigenvalue weighted by Gasteiger charge is 2.37. The van der Waals surface area contributed by atoms with Gasteiger partial charge in [-0.25, -0.2) is 0 Å². The number of hydrogen-bond donors (Lipinski definition) is 1. The first-order chi connectivity index (χ1) is 5.29. The smallest absolute Gasteiger partial charge is 0.0155 e. The van der Waals surface area contributed by atoms with Crippen molar-refractivity contribution in [3.05, 3.63) is 12.2 Å². The van der Waals surface area contributed by atoms with Gasteiger partial charge in [0.15, 0.2) is 0 Å². The molecule has 62 valence electrons. The van der Waals surface area contributed by atoms with E-state index in [1.54, 1.807) is 0 Å². The predicted molar refractivity (Wildman–Crippen MR) is 47.3 cm³/mol. The van der Waals surface area contributed by atoms with Crippen molar-refractivity contribution in [2.24, 2.45) is 11.7 Å². The summed E-state index contributed by atoms with van der Waals surface area (Å²) in [6.07, 6.45) is 12.4. The molecule has 0 aliphatic heterocycles. The zero-order chi connectivity index (χ0) is 7.73. The van der Waals surface area contributed by atoms with Crippen molar-refractivity contribution in [3.63, 3.8) is 0 Å². The molecule has 0 radical (unpaired) electrons. The van der Waals surface area contributed by atoms with Crippen molar-refractivity contribution in [2.75, 3.05) is 0 Å². The van der Waals surface area contributed by atoms with Gasteiger partial charge < -0.3 is 5.73 Å². The zero-order valence-corrected chi connectivity index (χ0v) is 7.05. The quantitative estimate of drug-likeness (QED) is 0.615. The monoisotopic (exact) mass is 151 g/mol. The van der Waals surface area contributed by atoms with Crippen molar-refractivity contribution >= 4 is 0 Å². The summed E-state index contributed by atoms with van der Waals surface area (Å²) >= 11 is 0. The molecule has 2 aliphatic carbocycles. The van der Waals surface area contributed by atoms with Crippen LogP contribution in [0.2, 0.25) is 0 Å². The SMILES string of the molecule is NC1(CCC2CC=CC2)CC1. The molecule has 0 atom stereocenters. The number of rotatable bonds is 3. The third-order valence-corrected chi connectivity index (χ3v) is 3.05. The summed E-state index contributed by atoms with van der Waals surface area (Å²) in [7, 11) is 0. The van der Waals surface area contributed by atoms with Crippen molar-refractivity contribution in [2.45, 2.75) is 44.1 Å². The maximum atomic E-state index is 6.00. The van der Waals surface area contributed by atoms with Crippen LogP contribution in [0.15, 0.2) is 12.2 Å². The highest BCUT2D eigenvalue weighted by Crippen LogP contribution is 2.39. The van der Waals surface area contributed by atoms with Crippen LogP contribution >= 0.6 is 0 Å². The molecular weight excluding hydrogens is 134 g/mol. The van der Waals surface area contributed by atoms with Crippen LogP contribution in [0, 0.1) is 5.92 Å². The minimum absolute atomic E-state index is 0.280. The van der Waals surface area contributed by atoms with Crippen LogP contribution in [0.25, 0.3) is 0 Å². The molecule has 0 saturated heterocycles. The van der Waals surface area contributed by atoms with Gasteiger partial charge in [0.05, 0.1) is 0 Å². The maximum Gasteiger partial charge on any atom is 0.0155 e. The summed E-state index contributed by atoms with van der Waals surface area (Å²) in [6.45, 7) is 0. The third-order valence-electron chi connectivity index (χ3n) is 3.05. The number of hydrogen-bond acceptors (Lipinski definition) is 1. The normalized spacial score (nSPS) is 27.7. The van der Waals surface area contributed by atoms with E-state index in [9.17, 15) is 0 Å². The second-order valence-electron chi connectivity index (χ2n) is 4.21. The standard InChI is InChI=1S/C10H17N/c11-10(7-8-10)6-5-9-3-1-2-4-9/h1-2,9H,3-8,11H2. The van der Waals surface area contributed by atoms with Gasteiger partial charge in [0.2, 0.25) is 0 Å². The lowest BCUT2D eigenvalue weighted by Gasteiger charge is -2.12. The van der Waals surface area contributed by atoms with Crippen molar-refractivity contribution < 1.29 is 0 Å². The lowest BCUT2D eigenvalue weighted by Crippen LogP contribution is -2.22. The largest absolute Gasteiger partial charge is 0.325 e. The van der Waals surface area contributed by atoms with Crippen LogP contribution in [0.3, 0.4) is 0 Å². The van der Waals surface area contributed by atoms with Gasteiger partial charge in [0.25, 0.3) is 0 Å². The van der Waals surface area contributed by atoms with E-state index >= 15 is 0 Å². The topological polar surface area (TPSA) is 26.0 Å². The van der Waals surface area contributed by atoms with Crippen LogP contribution in [0.5, 0.6) is 0 Å². The van der Waals surface area contributed by atoms with Gasteiger partial charge in [0.1, 0.15) is 0 Å². The van der Waals surface area contributed by atoms with Crippen molar-refractivity contribution in [1.29, 1.82) is 0 Å². The van der Waals surface area contributed by atoms with Gasteiger partial charge in [-0.15, -0.1) is 0 Å². The summed E-state index contributed by atoms with van der Waals surface area (Å²) in [6, 6.07) is 0. The van der Waals surface area contributed by atoms with Gasteiger partial charge in [0, 0.05) is 5.54 Å². The van der Waals surface area contributed by atoms with Gasteiger partial charge >= 0.3 is 0 Å². The Balaban J connectivity index is 1.66. The molecule has 0 heterocycles. The number of allylic oxidation sites excluding steroid dienone is 2. The summed E-state index contributed by atoms with van der Waals surface area (Å²) in [5.41, 5.74) is 6.28. The Hall–Kier alpha value is -0.300. The molecule has 2 aliphatic rings. The molecule has 2 rings (SSSR count). The first-order valence-corrected chi connectivity index (χ1v) is 4.72. The van der Waals surface area contributed by atoms with E-state index in [-0.39, 0.29) is 5.54 Å². The average molecular weight is 151 g/mol. The molecule has 1 fully saturated rings. The lowest BCUT2D eigenvalue weighted by molar-refractivity contribution is 0.452. The highest BCUT2D eigenvalue weighted by atomic mass is 14.8. The molecule has 0 aromatic heterocycles. The third kappa shape index (κ3) is 1.84. The lowest BCUT2D eigenvalue weighted by atomic mass is 9.97. The summed E-state index contributed by atoms with van der Waals surface area (Å²) in [5, 5.41) is 0. The van der Waals surface area contributed by atoms with Crippen LogP contribution < -0.4 is 5.73 Å². The molecule has 11 heavy (non-hydrogen) atoms. The maximum absolute atomic E-state index is 6.00. The molecule has 0 unspecified atom stereocenters. The van der Waals surface area contributed by atoms with Gasteiger partial charge in [-0.3, -0.25) is 0 Å². The first-order valence-electron chi connectivity index (χ1n) is 4.72. The Morgan fingerprint density at radius 1 is 1.27 bits per heavy atom. The molecule has 0 spiro atoms. The van der Waals surface area contributed by atoms with E-state index in [0.717, 1.165) is 5.92 Å². The molecule has 2 N–H and O–H groups in total. The fraction of sp³-hybridized carbons (Fsp3) is 0.800. The highest BCUT2D eigenvalue weighted by molar-refractivity contribution is 5.00. The molecule has 1 nitrogen and oxygen atoms in total. The number of nitrogens with two attached hydrogens (primary N) is 1. The zero-order valence-electron chi connectivity index (χ0n) is 7.05. The fourth-order valence-corrected chi connectivity index (χ4v) is 1.81. The minimum atomic E-state index is 0.280. The molecule has 0 aromatic carbocycles. The summed E-state index contributed by atoms with van der Waals surface area (Å²) in [4.78, 5) is 0. The average Bonchev–Trinajstić information content (AvgIpc) is 2.53. The van der Waals surface area contributed by atoms with Crippen molar-refractivity contribution in [1.82, 2.24) is 0 Å². The van der Waals surface area contributed by atoms with Gasteiger partial charge in [-0.1, -0.05) is 12.2 Å². The Morgan fingerprint density at radius 2 is 1.91 bits per heavy atom. The van der Waals surface area contributed by atoms with E-state index in [1.165, 1.54) is 38.5 Å². The van der Waals surface area contributed by atoms with Crippen LogP contribution in [0.1, 0.15) is 38.5 Å². The molecule has 0 amide bonds. The molecule has 0 bridgehead atoms. The van der Waals surface area contributed by atoms with Crippen LogP contribution in [-0.2, 0) is 0 Å². The Kier molecular flexibility index (Phi) is 1.76. The Labute approximate surface area is 68.7 Å². The molecular formula is C10H17N. The van der Waals surface area contributed by atoms with E-state index < -0.39 is 0 Å². The predicted octanol–water partition coefficient (Wildman–Crippen LogP) is 2.22. The fourth-order valence-electron chi connectivity index (χ4n) is 1.81. The van der Waals surface area contributed by atoms with E-state index in [4.69, 9.17) is 5.73 Å². The second kappa shape index (κ2) is 2.63. The van der Waals surface area contributed by atoms with Gasteiger partial charge in [-0.2, -0.15) is 0 Å². The van der Waals surface area contributed by atoms with E-state index in [2.05, 4.69) is 12.2 Å². The Bertz CT molecular complexity index is 160. The molecule has 1 heteroatoms. The van der Waals surface area contributed by atoms with Gasteiger partial charge in [-0.05, 0) is 44.4 Å². The van der Waals surface area contributed by atoms with Crippen LogP contribution in [-0.4, -0.2) is 5.54 Å². The molecule has 1 saturated carbocycles.